The molecule has 0 atom stereocenters. The Morgan fingerprint density at radius 1 is 1.25 bits per heavy atom. The van der Waals surface area contributed by atoms with Crippen molar-refractivity contribution in [1.82, 2.24) is 19.5 Å². The lowest BCUT2D eigenvalue weighted by Gasteiger charge is -2.13. The maximum atomic E-state index is 6.11. The predicted octanol–water partition coefficient (Wildman–Crippen LogP) is 2.75. The van der Waals surface area contributed by atoms with Gasteiger partial charge in [0.15, 0.2) is 0 Å². The molecule has 0 fully saturated rings. The lowest BCUT2D eigenvalue weighted by atomic mass is 10.1. The van der Waals surface area contributed by atoms with Crippen LogP contribution >= 0.6 is 11.6 Å². The van der Waals surface area contributed by atoms with Gasteiger partial charge in [0.2, 0.25) is 0 Å². The van der Waals surface area contributed by atoms with Crippen molar-refractivity contribution in [2.75, 3.05) is 0 Å². The van der Waals surface area contributed by atoms with Gasteiger partial charge in [0, 0.05) is 18.0 Å². The SMILES string of the molecule is Cc1nccn1-c1ncnc(Cl)c1C(C)C. The molecule has 2 aromatic heterocycles. The van der Waals surface area contributed by atoms with E-state index in [2.05, 4.69) is 28.8 Å². The van der Waals surface area contributed by atoms with E-state index in [-0.39, 0.29) is 5.92 Å². The van der Waals surface area contributed by atoms with E-state index in [9.17, 15) is 0 Å². The second kappa shape index (κ2) is 4.22. The van der Waals surface area contributed by atoms with Crippen molar-refractivity contribution in [2.24, 2.45) is 0 Å². The highest BCUT2D eigenvalue weighted by Gasteiger charge is 2.15. The topological polar surface area (TPSA) is 43.6 Å². The van der Waals surface area contributed by atoms with E-state index in [1.54, 1.807) is 6.20 Å². The molecule has 0 spiro atoms. The van der Waals surface area contributed by atoms with Gasteiger partial charge in [-0.25, -0.2) is 15.0 Å². The highest BCUT2D eigenvalue weighted by Crippen LogP contribution is 2.27. The molecule has 16 heavy (non-hydrogen) atoms. The Balaban J connectivity index is 2.66. The number of aryl methyl sites for hydroxylation is 1. The highest BCUT2D eigenvalue weighted by atomic mass is 35.5. The van der Waals surface area contributed by atoms with Gasteiger partial charge in [0.1, 0.15) is 23.1 Å². The molecule has 0 radical (unpaired) electrons. The van der Waals surface area contributed by atoms with E-state index in [0.717, 1.165) is 17.2 Å². The third-order valence-electron chi connectivity index (χ3n) is 2.45. The van der Waals surface area contributed by atoms with Crippen LogP contribution in [0.25, 0.3) is 5.82 Å². The van der Waals surface area contributed by atoms with Crippen LogP contribution < -0.4 is 0 Å². The molecule has 2 aromatic rings. The van der Waals surface area contributed by atoms with Gasteiger partial charge in [0.05, 0.1) is 0 Å². The van der Waals surface area contributed by atoms with Crippen molar-refractivity contribution in [3.05, 3.63) is 35.3 Å². The van der Waals surface area contributed by atoms with Gasteiger partial charge in [-0.15, -0.1) is 0 Å². The quantitative estimate of drug-likeness (QED) is 0.753. The molecule has 0 saturated heterocycles. The number of rotatable bonds is 2. The van der Waals surface area contributed by atoms with Crippen molar-refractivity contribution in [1.29, 1.82) is 0 Å². The molecule has 0 aromatic carbocycles. The van der Waals surface area contributed by atoms with E-state index >= 15 is 0 Å². The fourth-order valence-corrected chi connectivity index (χ4v) is 2.00. The number of imidazole rings is 1. The average Bonchev–Trinajstić information content (AvgIpc) is 2.63. The van der Waals surface area contributed by atoms with Gasteiger partial charge in [0.25, 0.3) is 0 Å². The van der Waals surface area contributed by atoms with E-state index < -0.39 is 0 Å². The highest BCUT2D eigenvalue weighted by molar-refractivity contribution is 6.30. The van der Waals surface area contributed by atoms with Gasteiger partial charge < -0.3 is 0 Å². The third kappa shape index (κ3) is 1.80. The van der Waals surface area contributed by atoms with Crippen LogP contribution in [0, 0.1) is 6.92 Å². The first-order chi connectivity index (χ1) is 7.61. The number of aromatic nitrogens is 4. The van der Waals surface area contributed by atoms with Crippen molar-refractivity contribution in [3.8, 4) is 5.82 Å². The predicted molar refractivity (Wildman–Crippen MR) is 63.0 cm³/mol. The van der Waals surface area contributed by atoms with Crippen LogP contribution in [0.3, 0.4) is 0 Å². The summed E-state index contributed by atoms with van der Waals surface area (Å²) >= 11 is 6.11. The van der Waals surface area contributed by atoms with Gasteiger partial charge in [-0.2, -0.15) is 0 Å². The molecule has 0 bridgehead atoms. The molecule has 2 heterocycles. The van der Waals surface area contributed by atoms with Gasteiger partial charge >= 0.3 is 0 Å². The van der Waals surface area contributed by atoms with Crippen molar-refractivity contribution >= 4 is 11.6 Å². The average molecular weight is 237 g/mol. The molecular formula is C11H13ClN4. The molecule has 0 aliphatic carbocycles. The standard InChI is InChI=1S/C11H13ClN4/c1-7(2)9-10(12)14-6-15-11(9)16-5-4-13-8(16)3/h4-7H,1-3H3. The maximum absolute atomic E-state index is 6.11. The summed E-state index contributed by atoms with van der Waals surface area (Å²) in [6.07, 6.45) is 5.10. The molecule has 84 valence electrons. The van der Waals surface area contributed by atoms with E-state index in [4.69, 9.17) is 11.6 Å². The summed E-state index contributed by atoms with van der Waals surface area (Å²) in [5.74, 6) is 1.96. The number of nitrogens with zero attached hydrogens (tertiary/aromatic N) is 4. The first-order valence-corrected chi connectivity index (χ1v) is 5.49. The van der Waals surface area contributed by atoms with E-state index in [1.165, 1.54) is 6.33 Å². The maximum Gasteiger partial charge on any atom is 0.146 e. The van der Waals surface area contributed by atoms with Crippen molar-refractivity contribution in [2.45, 2.75) is 26.7 Å². The number of halogens is 1. The Kier molecular flexibility index (Phi) is 2.92. The van der Waals surface area contributed by atoms with Gasteiger partial charge in [-0.1, -0.05) is 25.4 Å². The summed E-state index contributed by atoms with van der Waals surface area (Å²) in [4.78, 5) is 12.5. The summed E-state index contributed by atoms with van der Waals surface area (Å²) < 4.78 is 1.92. The lowest BCUT2D eigenvalue weighted by molar-refractivity contribution is 0.805. The Hall–Kier alpha value is -1.42. The fourth-order valence-electron chi connectivity index (χ4n) is 1.66. The first-order valence-electron chi connectivity index (χ1n) is 5.12. The molecular weight excluding hydrogens is 224 g/mol. The Bertz CT molecular complexity index is 504. The van der Waals surface area contributed by atoms with Crippen LogP contribution in [0.2, 0.25) is 5.15 Å². The minimum absolute atomic E-state index is 0.269. The molecule has 0 amide bonds. The zero-order valence-electron chi connectivity index (χ0n) is 9.48. The Morgan fingerprint density at radius 3 is 2.56 bits per heavy atom. The van der Waals surface area contributed by atoms with Crippen LogP contribution in [-0.4, -0.2) is 19.5 Å². The Morgan fingerprint density at radius 2 is 2.00 bits per heavy atom. The largest absolute Gasteiger partial charge is 0.288 e. The van der Waals surface area contributed by atoms with Gasteiger partial charge in [-0.05, 0) is 12.8 Å². The third-order valence-corrected chi connectivity index (χ3v) is 2.75. The normalized spacial score (nSPS) is 11.1. The summed E-state index contributed by atoms with van der Waals surface area (Å²) in [5, 5.41) is 0.508. The van der Waals surface area contributed by atoms with Crippen LogP contribution in [0.4, 0.5) is 0 Å². The van der Waals surface area contributed by atoms with Crippen molar-refractivity contribution < 1.29 is 0 Å². The molecule has 0 aliphatic heterocycles. The zero-order valence-corrected chi connectivity index (χ0v) is 10.2. The summed E-state index contributed by atoms with van der Waals surface area (Å²) in [6, 6.07) is 0. The minimum atomic E-state index is 0.269. The van der Waals surface area contributed by atoms with Crippen LogP contribution in [0.1, 0.15) is 31.2 Å². The lowest BCUT2D eigenvalue weighted by Crippen LogP contribution is -2.06. The number of hydrogen-bond acceptors (Lipinski definition) is 3. The fraction of sp³-hybridized carbons (Fsp3) is 0.364. The number of hydrogen-bond donors (Lipinski definition) is 0. The molecule has 4 nitrogen and oxygen atoms in total. The van der Waals surface area contributed by atoms with Crippen LogP contribution in [-0.2, 0) is 0 Å². The summed E-state index contributed by atoms with van der Waals surface area (Å²) in [5.41, 5.74) is 0.949. The van der Waals surface area contributed by atoms with Crippen molar-refractivity contribution in [3.63, 3.8) is 0 Å². The zero-order chi connectivity index (χ0) is 11.7. The van der Waals surface area contributed by atoms with Crippen LogP contribution in [0.15, 0.2) is 18.7 Å². The first kappa shape index (κ1) is 11.1. The van der Waals surface area contributed by atoms with Crippen LogP contribution in [0.5, 0.6) is 0 Å². The van der Waals surface area contributed by atoms with Gasteiger partial charge in [-0.3, -0.25) is 4.57 Å². The molecule has 0 aliphatic rings. The Labute approximate surface area is 99.3 Å². The second-order valence-electron chi connectivity index (χ2n) is 3.90. The summed E-state index contributed by atoms with van der Waals surface area (Å²) in [7, 11) is 0. The summed E-state index contributed by atoms with van der Waals surface area (Å²) in [6.45, 7) is 6.07. The molecule has 2 rings (SSSR count). The second-order valence-corrected chi connectivity index (χ2v) is 4.26. The molecule has 0 N–H and O–H groups in total. The van der Waals surface area contributed by atoms with E-state index in [0.29, 0.717) is 5.15 Å². The molecule has 5 heteroatoms. The smallest absolute Gasteiger partial charge is 0.146 e. The molecule has 0 unspecified atom stereocenters. The minimum Gasteiger partial charge on any atom is -0.288 e. The molecule has 0 saturated carbocycles. The monoisotopic (exact) mass is 236 g/mol. The van der Waals surface area contributed by atoms with E-state index in [1.807, 2.05) is 17.7 Å².